The van der Waals surface area contributed by atoms with E-state index in [1.54, 1.807) is 13.2 Å². The van der Waals surface area contributed by atoms with Gasteiger partial charge in [-0.25, -0.2) is 9.78 Å². The van der Waals surface area contributed by atoms with Crippen LogP contribution in [-0.4, -0.2) is 18.1 Å². The van der Waals surface area contributed by atoms with Crippen LogP contribution in [0.15, 0.2) is 47.8 Å². The molecule has 0 bridgehead atoms. The molecule has 6 heteroatoms. The molecule has 27 heavy (non-hydrogen) atoms. The Kier molecular flexibility index (Phi) is 5.07. The molecule has 0 aliphatic heterocycles. The van der Waals surface area contributed by atoms with E-state index in [-0.39, 0.29) is 6.03 Å². The lowest BCUT2D eigenvalue weighted by Gasteiger charge is -2.16. The number of urea groups is 1. The molecule has 3 aromatic rings. The highest BCUT2D eigenvalue weighted by Crippen LogP contribution is 2.29. The minimum absolute atomic E-state index is 0.324. The van der Waals surface area contributed by atoms with Gasteiger partial charge < -0.3 is 10.1 Å². The summed E-state index contributed by atoms with van der Waals surface area (Å²) < 4.78 is 5.16. The first-order valence-electron chi connectivity index (χ1n) is 9.01. The summed E-state index contributed by atoms with van der Waals surface area (Å²) in [5, 5.41) is 8.14. The van der Waals surface area contributed by atoms with E-state index in [4.69, 9.17) is 4.74 Å². The number of nitrogens with one attached hydrogen (secondary N) is 2. The summed E-state index contributed by atoms with van der Waals surface area (Å²) in [5.74, 6) is 0.691. The van der Waals surface area contributed by atoms with E-state index < -0.39 is 0 Å². The fourth-order valence-electron chi connectivity index (χ4n) is 3.32. The summed E-state index contributed by atoms with van der Waals surface area (Å²) in [6.07, 6.45) is 4.84. The fourth-order valence-corrected chi connectivity index (χ4v) is 4.03. The summed E-state index contributed by atoms with van der Waals surface area (Å²) in [6, 6.07) is 13.5. The molecule has 2 amide bonds. The van der Waals surface area contributed by atoms with Crippen molar-refractivity contribution in [1.29, 1.82) is 0 Å². The molecule has 0 saturated heterocycles. The minimum atomic E-state index is -0.324. The summed E-state index contributed by atoms with van der Waals surface area (Å²) in [6.45, 7) is 0. The predicted molar refractivity (Wildman–Crippen MR) is 110 cm³/mol. The molecular formula is C21H21N3O2S. The van der Waals surface area contributed by atoms with Gasteiger partial charge in [-0.2, -0.15) is 0 Å². The van der Waals surface area contributed by atoms with E-state index in [0.29, 0.717) is 16.6 Å². The Morgan fingerprint density at radius 1 is 1.07 bits per heavy atom. The zero-order chi connectivity index (χ0) is 18.6. The van der Waals surface area contributed by atoms with E-state index in [2.05, 4.69) is 33.8 Å². The number of hydrogen-bond donors (Lipinski definition) is 2. The Hall–Kier alpha value is -2.86. The fraction of sp³-hybridized carbons (Fsp3) is 0.238. The number of aryl methyl sites for hydroxylation is 2. The molecule has 2 aromatic carbocycles. The van der Waals surface area contributed by atoms with Crippen molar-refractivity contribution in [2.75, 3.05) is 17.7 Å². The number of carbonyl (C=O) groups is 1. The van der Waals surface area contributed by atoms with Crippen LogP contribution in [0.4, 0.5) is 15.6 Å². The van der Waals surface area contributed by atoms with Crippen LogP contribution in [-0.2, 0) is 12.8 Å². The first-order chi connectivity index (χ1) is 13.2. The standard InChI is InChI=1S/C21H21N3O2S/c1-26-18-8-4-7-17(12-18)22-20(25)24-21-23-19(13-27-21)16-10-9-14-5-2-3-6-15(14)11-16/h4,7-13H,2-3,5-6H2,1H3,(H2,22,23,24,25). The van der Waals surface area contributed by atoms with Gasteiger partial charge >= 0.3 is 6.03 Å². The van der Waals surface area contributed by atoms with E-state index in [1.165, 1.54) is 41.7 Å². The van der Waals surface area contributed by atoms with Crippen LogP contribution < -0.4 is 15.4 Å². The van der Waals surface area contributed by atoms with Crippen molar-refractivity contribution in [3.05, 3.63) is 59.0 Å². The van der Waals surface area contributed by atoms with Crippen LogP contribution in [0, 0.1) is 0 Å². The van der Waals surface area contributed by atoms with Crippen LogP contribution in [0.3, 0.4) is 0 Å². The molecule has 4 rings (SSSR count). The average Bonchev–Trinajstić information content (AvgIpc) is 3.16. The number of carbonyl (C=O) groups excluding carboxylic acids is 1. The van der Waals surface area contributed by atoms with Crippen LogP contribution in [0.5, 0.6) is 5.75 Å². The highest BCUT2D eigenvalue weighted by Gasteiger charge is 2.13. The number of thiazole rings is 1. The molecular weight excluding hydrogens is 358 g/mol. The van der Waals surface area contributed by atoms with Crippen molar-refractivity contribution < 1.29 is 9.53 Å². The maximum absolute atomic E-state index is 12.2. The molecule has 0 saturated carbocycles. The van der Waals surface area contributed by atoms with Crippen LogP contribution in [0.25, 0.3) is 11.3 Å². The molecule has 1 heterocycles. The maximum Gasteiger partial charge on any atom is 0.325 e. The summed E-state index contributed by atoms with van der Waals surface area (Å²) in [4.78, 5) is 16.8. The first-order valence-corrected chi connectivity index (χ1v) is 9.89. The Morgan fingerprint density at radius 3 is 2.78 bits per heavy atom. The lowest BCUT2D eigenvalue weighted by molar-refractivity contribution is 0.262. The molecule has 1 aliphatic carbocycles. The molecule has 0 atom stereocenters. The van der Waals surface area contributed by atoms with Gasteiger partial charge in [0.15, 0.2) is 5.13 Å². The largest absolute Gasteiger partial charge is 0.497 e. The maximum atomic E-state index is 12.2. The summed E-state index contributed by atoms with van der Waals surface area (Å²) >= 11 is 1.42. The summed E-state index contributed by atoms with van der Waals surface area (Å²) in [7, 11) is 1.59. The molecule has 1 aliphatic rings. The molecule has 2 N–H and O–H groups in total. The van der Waals surface area contributed by atoms with Crippen molar-refractivity contribution >= 4 is 28.2 Å². The SMILES string of the molecule is COc1cccc(NC(=O)Nc2nc(-c3ccc4c(c3)CCCC4)cs2)c1. The Bertz CT molecular complexity index is 968. The van der Waals surface area contributed by atoms with Gasteiger partial charge in [-0.05, 0) is 55.0 Å². The first kappa shape index (κ1) is 17.5. The number of hydrogen-bond acceptors (Lipinski definition) is 4. The van der Waals surface area contributed by atoms with E-state index in [0.717, 1.165) is 17.7 Å². The third-order valence-electron chi connectivity index (χ3n) is 4.70. The predicted octanol–water partition coefficient (Wildman–Crippen LogP) is 5.34. The van der Waals surface area contributed by atoms with Gasteiger partial charge in [0.25, 0.3) is 0 Å². The van der Waals surface area contributed by atoms with Gasteiger partial charge in [-0.3, -0.25) is 5.32 Å². The van der Waals surface area contributed by atoms with Gasteiger partial charge in [-0.15, -0.1) is 11.3 Å². The third-order valence-corrected chi connectivity index (χ3v) is 5.45. The molecule has 0 spiro atoms. The molecule has 0 fully saturated rings. The number of nitrogens with zero attached hydrogens (tertiary/aromatic N) is 1. The lowest BCUT2D eigenvalue weighted by Crippen LogP contribution is -2.19. The zero-order valence-corrected chi connectivity index (χ0v) is 15.9. The van der Waals surface area contributed by atoms with Crippen LogP contribution >= 0.6 is 11.3 Å². The highest BCUT2D eigenvalue weighted by molar-refractivity contribution is 7.14. The topological polar surface area (TPSA) is 63.2 Å². The monoisotopic (exact) mass is 379 g/mol. The van der Waals surface area contributed by atoms with Gasteiger partial charge in [0, 0.05) is 22.7 Å². The quantitative estimate of drug-likeness (QED) is 0.643. The van der Waals surface area contributed by atoms with Crippen molar-refractivity contribution in [3.8, 4) is 17.0 Å². The van der Waals surface area contributed by atoms with Crippen molar-refractivity contribution in [3.63, 3.8) is 0 Å². The van der Waals surface area contributed by atoms with E-state index >= 15 is 0 Å². The van der Waals surface area contributed by atoms with Crippen LogP contribution in [0.1, 0.15) is 24.0 Å². The number of amides is 2. The van der Waals surface area contributed by atoms with Gasteiger partial charge in [0.05, 0.1) is 12.8 Å². The van der Waals surface area contributed by atoms with Gasteiger partial charge in [-0.1, -0.05) is 18.2 Å². The van der Waals surface area contributed by atoms with Gasteiger partial charge in [0.1, 0.15) is 5.75 Å². The lowest BCUT2D eigenvalue weighted by atomic mass is 9.90. The number of benzene rings is 2. The number of aromatic nitrogens is 1. The smallest absolute Gasteiger partial charge is 0.325 e. The van der Waals surface area contributed by atoms with Crippen molar-refractivity contribution in [2.24, 2.45) is 0 Å². The van der Waals surface area contributed by atoms with Gasteiger partial charge in [0.2, 0.25) is 0 Å². The minimum Gasteiger partial charge on any atom is -0.497 e. The number of rotatable bonds is 4. The number of methoxy groups -OCH3 is 1. The van der Waals surface area contributed by atoms with Crippen molar-refractivity contribution in [1.82, 2.24) is 4.98 Å². The van der Waals surface area contributed by atoms with Crippen molar-refractivity contribution in [2.45, 2.75) is 25.7 Å². The average molecular weight is 379 g/mol. The number of ether oxygens (including phenoxy) is 1. The second kappa shape index (κ2) is 7.80. The Labute approximate surface area is 162 Å². The van der Waals surface area contributed by atoms with E-state index in [1.807, 2.05) is 23.6 Å². The molecule has 5 nitrogen and oxygen atoms in total. The second-order valence-corrected chi connectivity index (χ2v) is 7.40. The zero-order valence-electron chi connectivity index (χ0n) is 15.1. The molecule has 0 unspecified atom stereocenters. The third kappa shape index (κ3) is 4.11. The van der Waals surface area contributed by atoms with Crippen LogP contribution in [0.2, 0.25) is 0 Å². The Balaban J connectivity index is 1.44. The molecule has 138 valence electrons. The molecule has 0 radical (unpaired) electrons. The normalized spacial score (nSPS) is 12.9. The number of fused-ring (bicyclic) bond motifs is 1. The second-order valence-electron chi connectivity index (χ2n) is 6.54. The Morgan fingerprint density at radius 2 is 1.93 bits per heavy atom. The molecule has 1 aromatic heterocycles. The summed E-state index contributed by atoms with van der Waals surface area (Å²) in [5.41, 5.74) is 5.55. The van der Waals surface area contributed by atoms with E-state index in [9.17, 15) is 4.79 Å². The number of anilines is 2. The highest BCUT2D eigenvalue weighted by atomic mass is 32.1.